The number of carbonyl (C=O) groups excluding carboxylic acids is 2. The van der Waals surface area contributed by atoms with Crippen LogP contribution in [-0.2, 0) is 0 Å². The third-order valence-corrected chi connectivity index (χ3v) is 9.34. The molecular formula is C30H40N2O2S2. The molecular weight excluding hydrogens is 484 g/mol. The van der Waals surface area contributed by atoms with Gasteiger partial charge in [0.25, 0.3) is 0 Å². The first kappa shape index (κ1) is 29.9. The number of ketones is 2. The number of thioether (sulfide) groups is 1. The summed E-state index contributed by atoms with van der Waals surface area (Å²) in [6.45, 7) is 24.1. The van der Waals surface area contributed by atoms with Crippen LogP contribution in [0.5, 0.6) is 0 Å². The Balaban J connectivity index is 0.000000269. The number of carbonyl (C=O) groups is 2. The molecule has 6 heteroatoms. The number of rotatable bonds is 4. The first-order valence-electron chi connectivity index (χ1n) is 12.2. The van der Waals surface area contributed by atoms with Gasteiger partial charge < -0.3 is 5.73 Å². The van der Waals surface area contributed by atoms with Crippen molar-refractivity contribution in [1.82, 2.24) is 0 Å². The molecule has 0 amide bonds. The maximum absolute atomic E-state index is 11.9. The zero-order valence-corrected chi connectivity index (χ0v) is 25.4. The van der Waals surface area contributed by atoms with Gasteiger partial charge in [0.1, 0.15) is 4.99 Å². The van der Waals surface area contributed by atoms with Crippen molar-refractivity contribution in [1.29, 1.82) is 0 Å². The molecule has 0 aromatic heterocycles. The van der Waals surface area contributed by atoms with Crippen LogP contribution in [0.1, 0.15) is 107 Å². The summed E-state index contributed by atoms with van der Waals surface area (Å²) in [5, 5.41) is 1.08. The van der Waals surface area contributed by atoms with Gasteiger partial charge in [0, 0.05) is 27.0 Å². The molecule has 1 aliphatic heterocycles. The van der Waals surface area contributed by atoms with Crippen LogP contribution in [0.4, 0.5) is 0 Å². The summed E-state index contributed by atoms with van der Waals surface area (Å²) in [6, 6.07) is 3.90. The van der Waals surface area contributed by atoms with Gasteiger partial charge in [-0.15, -0.1) is 0 Å². The minimum absolute atomic E-state index is 0.0492. The Kier molecular flexibility index (Phi) is 8.80. The molecule has 1 aliphatic rings. The monoisotopic (exact) mass is 524 g/mol. The van der Waals surface area contributed by atoms with E-state index < -0.39 is 0 Å². The van der Waals surface area contributed by atoms with E-state index in [4.69, 9.17) is 22.9 Å². The van der Waals surface area contributed by atoms with E-state index in [1.807, 2.05) is 51.6 Å². The summed E-state index contributed by atoms with van der Waals surface area (Å²) < 4.78 is 0.0569. The van der Waals surface area contributed by atoms with Crippen molar-refractivity contribution in [3.05, 3.63) is 67.8 Å². The number of hydrogen-bond acceptors (Lipinski definition) is 5. The van der Waals surface area contributed by atoms with Gasteiger partial charge in [-0.2, -0.15) is 0 Å². The molecule has 3 rings (SSSR count). The van der Waals surface area contributed by atoms with E-state index >= 15 is 0 Å². The minimum Gasteiger partial charge on any atom is -0.389 e. The smallest absolute Gasteiger partial charge is 0.160 e. The van der Waals surface area contributed by atoms with Crippen molar-refractivity contribution in [2.45, 2.75) is 93.4 Å². The Bertz CT molecular complexity index is 1300. The molecule has 4 nitrogen and oxygen atoms in total. The van der Waals surface area contributed by atoms with Gasteiger partial charge in [0.05, 0.1) is 10.6 Å². The minimum atomic E-state index is -0.105. The molecule has 0 unspecified atom stereocenters. The van der Waals surface area contributed by atoms with Crippen molar-refractivity contribution in [2.24, 2.45) is 10.7 Å². The number of nitrogens with zero attached hydrogens (tertiary/aromatic N) is 1. The molecule has 0 fully saturated rings. The summed E-state index contributed by atoms with van der Waals surface area (Å²) in [6.07, 6.45) is 0. The Morgan fingerprint density at radius 3 is 1.64 bits per heavy atom. The standard InChI is InChI=1S/C18H25NOS.C12H15NOS/c1-10-9-14(13(4)20)12(3)15(11(10)2)16-19-17(5,6)18(7,8)21-16;1-6-5-10(9(4)14)8(3)11(7(6)2)12(13)15/h9H,1-8H3;5H,1-4H3,(H2,13,15). The number of nitrogens with two attached hydrogens (primary N) is 1. The largest absolute Gasteiger partial charge is 0.389 e. The predicted octanol–water partition coefficient (Wildman–Crippen LogP) is 7.31. The van der Waals surface area contributed by atoms with E-state index in [-0.39, 0.29) is 21.9 Å². The first-order chi connectivity index (χ1) is 16.3. The second-order valence-corrected chi connectivity index (χ2v) is 12.8. The lowest BCUT2D eigenvalue weighted by atomic mass is 9.90. The molecule has 0 spiro atoms. The van der Waals surface area contributed by atoms with Crippen molar-refractivity contribution in [3.8, 4) is 0 Å². The van der Waals surface area contributed by atoms with Crippen LogP contribution in [-0.4, -0.2) is 31.9 Å². The average Bonchev–Trinajstić information content (AvgIpc) is 2.94. The van der Waals surface area contributed by atoms with Crippen LogP contribution in [0.3, 0.4) is 0 Å². The van der Waals surface area contributed by atoms with Crippen molar-refractivity contribution in [3.63, 3.8) is 0 Å². The maximum Gasteiger partial charge on any atom is 0.160 e. The molecule has 1 heterocycles. The second-order valence-electron chi connectivity index (χ2n) is 10.8. The predicted molar refractivity (Wildman–Crippen MR) is 159 cm³/mol. The van der Waals surface area contributed by atoms with Crippen LogP contribution in [0, 0.1) is 41.5 Å². The zero-order chi connectivity index (χ0) is 27.9. The number of benzene rings is 2. The molecule has 0 radical (unpaired) electrons. The lowest BCUT2D eigenvalue weighted by Gasteiger charge is -2.31. The molecule has 194 valence electrons. The summed E-state index contributed by atoms with van der Waals surface area (Å²) in [5.74, 6) is 0.173. The molecule has 2 N–H and O–H groups in total. The van der Waals surface area contributed by atoms with Crippen molar-refractivity contribution < 1.29 is 9.59 Å². The Morgan fingerprint density at radius 1 is 0.806 bits per heavy atom. The highest BCUT2D eigenvalue weighted by molar-refractivity contribution is 8.16. The lowest BCUT2D eigenvalue weighted by Crippen LogP contribution is -2.36. The van der Waals surface area contributed by atoms with Crippen LogP contribution >= 0.6 is 24.0 Å². The number of Topliss-reactive ketones (excluding diaryl/α,β-unsaturated/α-hetero) is 2. The van der Waals surface area contributed by atoms with E-state index in [0.29, 0.717) is 10.6 Å². The van der Waals surface area contributed by atoms with Gasteiger partial charge >= 0.3 is 0 Å². The van der Waals surface area contributed by atoms with E-state index in [0.717, 1.165) is 49.6 Å². The third kappa shape index (κ3) is 5.65. The molecule has 0 bridgehead atoms. The fraction of sp³-hybridized carbons (Fsp3) is 0.467. The highest BCUT2D eigenvalue weighted by Gasteiger charge is 2.44. The fourth-order valence-corrected chi connectivity index (χ4v) is 6.17. The second kappa shape index (κ2) is 10.6. The number of aryl methyl sites for hydroxylation is 2. The maximum atomic E-state index is 11.9. The molecule has 0 saturated carbocycles. The summed E-state index contributed by atoms with van der Waals surface area (Å²) in [4.78, 5) is 28.7. The lowest BCUT2D eigenvalue weighted by molar-refractivity contribution is 0.100. The Hall–Kier alpha value is -2.31. The van der Waals surface area contributed by atoms with Crippen molar-refractivity contribution in [2.75, 3.05) is 0 Å². The van der Waals surface area contributed by atoms with E-state index in [9.17, 15) is 9.59 Å². The van der Waals surface area contributed by atoms with Crippen LogP contribution in [0.2, 0.25) is 0 Å². The van der Waals surface area contributed by atoms with Crippen molar-refractivity contribution >= 4 is 45.6 Å². The number of thiocarbonyl (C=S) groups is 1. The normalized spacial score (nSPS) is 15.6. The molecule has 2 aromatic rings. The van der Waals surface area contributed by atoms with E-state index in [2.05, 4.69) is 41.5 Å². The molecule has 0 aliphatic carbocycles. The van der Waals surface area contributed by atoms with E-state index in [1.165, 1.54) is 5.56 Å². The molecule has 0 saturated heterocycles. The van der Waals surface area contributed by atoms with Crippen LogP contribution in [0.25, 0.3) is 0 Å². The van der Waals surface area contributed by atoms with Gasteiger partial charge in [-0.1, -0.05) is 24.0 Å². The summed E-state index contributed by atoms with van der Waals surface area (Å²) in [7, 11) is 0. The average molecular weight is 525 g/mol. The van der Waals surface area contributed by atoms with Gasteiger partial charge in [0.15, 0.2) is 11.6 Å². The SMILES string of the molecule is CC(=O)c1cc(C)c(C)c(C(N)=S)c1C.CC(=O)c1cc(C)c(C)c(C2=NC(C)(C)C(C)(C)S2)c1C. The first-order valence-corrected chi connectivity index (χ1v) is 13.4. The van der Waals surface area contributed by atoms with Gasteiger partial charge in [-0.25, -0.2) is 0 Å². The highest BCUT2D eigenvalue weighted by atomic mass is 32.2. The fourth-order valence-electron chi connectivity index (χ4n) is 4.40. The summed E-state index contributed by atoms with van der Waals surface area (Å²) >= 11 is 6.83. The van der Waals surface area contributed by atoms with Crippen LogP contribution < -0.4 is 5.73 Å². The van der Waals surface area contributed by atoms with Gasteiger partial charge in [0.2, 0.25) is 0 Å². The zero-order valence-electron chi connectivity index (χ0n) is 23.8. The van der Waals surface area contributed by atoms with Crippen LogP contribution in [0.15, 0.2) is 17.1 Å². The molecule has 36 heavy (non-hydrogen) atoms. The number of aliphatic imine (C=N–C) groups is 1. The summed E-state index contributed by atoms with van der Waals surface area (Å²) in [5.41, 5.74) is 15.5. The Morgan fingerprint density at radius 2 is 1.25 bits per heavy atom. The topological polar surface area (TPSA) is 72.5 Å². The Labute approximate surface area is 226 Å². The van der Waals surface area contributed by atoms with E-state index in [1.54, 1.807) is 13.8 Å². The van der Waals surface area contributed by atoms with Gasteiger partial charge in [-0.05, 0) is 129 Å². The quantitative estimate of drug-likeness (QED) is 0.335. The highest BCUT2D eigenvalue weighted by Crippen LogP contribution is 2.47. The molecule has 0 atom stereocenters. The number of hydrogen-bond donors (Lipinski definition) is 1. The van der Waals surface area contributed by atoms with Gasteiger partial charge in [-0.3, -0.25) is 14.6 Å². The third-order valence-electron chi connectivity index (χ3n) is 7.64. The molecule has 2 aromatic carbocycles.